The molecule has 1 aromatic heterocycles. The van der Waals surface area contributed by atoms with Crippen molar-refractivity contribution in [1.29, 1.82) is 0 Å². The van der Waals surface area contributed by atoms with E-state index in [1.165, 1.54) is 11.3 Å². The van der Waals surface area contributed by atoms with Crippen molar-refractivity contribution in [1.82, 2.24) is 9.62 Å². The monoisotopic (exact) mass is 440 g/mol. The van der Waals surface area contributed by atoms with E-state index in [-0.39, 0.29) is 24.4 Å². The summed E-state index contributed by atoms with van der Waals surface area (Å²) in [7, 11) is -2.00. The summed E-state index contributed by atoms with van der Waals surface area (Å²) < 4.78 is 33.4. The molecule has 3 atom stereocenters. The summed E-state index contributed by atoms with van der Waals surface area (Å²) in [6.45, 7) is 0.685. The Kier molecular flexibility index (Phi) is 5.39. The van der Waals surface area contributed by atoms with Gasteiger partial charge in [-0.2, -0.15) is 0 Å². The van der Waals surface area contributed by atoms with Crippen molar-refractivity contribution in [3.05, 3.63) is 46.3 Å². The van der Waals surface area contributed by atoms with Gasteiger partial charge in [0.25, 0.3) is 0 Å². The zero-order valence-electron chi connectivity index (χ0n) is 15.3. The highest BCUT2D eigenvalue weighted by molar-refractivity contribution is 7.91. The van der Waals surface area contributed by atoms with E-state index in [4.69, 9.17) is 16.3 Å². The Hall–Kier alpha value is -1.61. The summed E-state index contributed by atoms with van der Waals surface area (Å²) in [5, 5.41) is 2.21. The summed E-state index contributed by atoms with van der Waals surface area (Å²) in [5.74, 6) is 0.902. The first kappa shape index (κ1) is 19.7. The molecule has 9 heteroatoms. The average molecular weight is 441 g/mol. The van der Waals surface area contributed by atoms with Crippen LogP contribution in [0.2, 0.25) is 5.02 Å². The second kappa shape index (κ2) is 7.67. The van der Waals surface area contributed by atoms with Crippen LogP contribution in [0.15, 0.2) is 39.9 Å². The number of piperidine rings is 1. The number of nitrogens with zero attached hydrogens (tertiary/aromatic N) is 1. The number of halogens is 1. The van der Waals surface area contributed by atoms with Crippen molar-refractivity contribution in [2.75, 3.05) is 13.7 Å². The second-order valence-electron chi connectivity index (χ2n) is 7.26. The number of likely N-dealkylation sites (tertiary alicyclic amines) is 1. The molecular formula is C19H21ClN2O4S2. The molecule has 4 rings (SSSR count). The Balaban J connectivity index is 1.45. The maximum absolute atomic E-state index is 12.9. The van der Waals surface area contributed by atoms with Gasteiger partial charge in [-0.25, -0.2) is 13.1 Å². The number of sulfonamides is 1. The average Bonchev–Trinajstić information content (AvgIpc) is 3.38. The number of rotatable bonds is 6. The molecule has 1 aromatic carbocycles. The molecular weight excluding hydrogens is 420 g/mol. The predicted octanol–water partition coefficient (Wildman–Crippen LogP) is 2.92. The molecule has 2 bridgehead atoms. The number of fused-ring (bicyclic) bond motifs is 2. The fraction of sp³-hybridized carbons (Fsp3) is 0.421. The summed E-state index contributed by atoms with van der Waals surface area (Å²) >= 11 is 7.35. The molecule has 2 aromatic rings. The molecule has 0 radical (unpaired) electrons. The first-order valence-electron chi connectivity index (χ1n) is 9.05. The standard InChI is InChI=1S/C19H21ClN2O4S2/c1-26-17-5-4-12(7-14(17)20)10-18(23)22-11-13-8-15(16(22)9-13)21-28(24,25)19-3-2-6-27-19/h2-7,13,15-16,21H,8-11H2,1H3. The van der Waals surface area contributed by atoms with Crippen LogP contribution in [0.1, 0.15) is 18.4 Å². The Labute approximate surface area is 173 Å². The number of methoxy groups -OCH3 is 1. The van der Waals surface area contributed by atoms with E-state index in [0.717, 1.165) is 18.4 Å². The Morgan fingerprint density at radius 2 is 2.18 bits per heavy atom. The van der Waals surface area contributed by atoms with Crippen LogP contribution < -0.4 is 9.46 Å². The van der Waals surface area contributed by atoms with Gasteiger partial charge in [0.2, 0.25) is 15.9 Å². The van der Waals surface area contributed by atoms with Crippen LogP contribution in [0.4, 0.5) is 0 Å². The lowest BCUT2D eigenvalue weighted by Gasteiger charge is -2.33. The van der Waals surface area contributed by atoms with E-state index >= 15 is 0 Å². The first-order valence-corrected chi connectivity index (χ1v) is 11.8. The predicted molar refractivity (Wildman–Crippen MR) is 108 cm³/mol. The Morgan fingerprint density at radius 1 is 1.36 bits per heavy atom. The van der Waals surface area contributed by atoms with E-state index in [9.17, 15) is 13.2 Å². The Morgan fingerprint density at radius 3 is 2.82 bits per heavy atom. The van der Waals surface area contributed by atoms with Gasteiger partial charge in [0.15, 0.2) is 0 Å². The van der Waals surface area contributed by atoms with Gasteiger partial charge in [-0.05, 0) is 47.9 Å². The fourth-order valence-electron chi connectivity index (χ4n) is 4.21. The molecule has 6 nitrogen and oxygen atoms in total. The maximum Gasteiger partial charge on any atom is 0.250 e. The normalized spacial score (nSPS) is 23.9. The Bertz CT molecular complexity index is 978. The van der Waals surface area contributed by atoms with E-state index in [0.29, 0.717) is 27.4 Å². The van der Waals surface area contributed by atoms with Crippen LogP contribution in [0.3, 0.4) is 0 Å². The number of benzene rings is 1. The number of ether oxygens (including phenoxy) is 1. The smallest absolute Gasteiger partial charge is 0.250 e. The van der Waals surface area contributed by atoms with Crippen molar-refractivity contribution >= 4 is 38.9 Å². The molecule has 0 spiro atoms. The number of hydrogen-bond donors (Lipinski definition) is 1. The van der Waals surface area contributed by atoms with Crippen molar-refractivity contribution in [2.24, 2.45) is 5.92 Å². The quantitative estimate of drug-likeness (QED) is 0.749. The molecule has 1 N–H and O–H groups in total. The molecule has 1 saturated heterocycles. The van der Waals surface area contributed by atoms with Crippen LogP contribution in [0.25, 0.3) is 0 Å². The van der Waals surface area contributed by atoms with Gasteiger partial charge in [-0.1, -0.05) is 23.7 Å². The maximum atomic E-state index is 12.9. The first-order chi connectivity index (χ1) is 13.4. The van der Waals surface area contributed by atoms with Gasteiger partial charge in [-0.15, -0.1) is 11.3 Å². The zero-order valence-corrected chi connectivity index (χ0v) is 17.7. The van der Waals surface area contributed by atoms with Crippen LogP contribution in [0, 0.1) is 5.92 Å². The SMILES string of the molecule is COc1ccc(CC(=O)N2CC3CC(NS(=O)(=O)c4cccs4)C2C3)cc1Cl. The van der Waals surface area contributed by atoms with Gasteiger partial charge in [0, 0.05) is 18.6 Å². The topological polar surface area (TPSA) is 75.7 Å². The molecule has 3 unspecified atom stereocenters. The van der Waals surface area contributed by atoms with Crippen LogP contribution in [0.5, 0.6) is 5.75 Å². The summed E-state index contributed by atoms with van der Waals surface area (Å²) in [6, 6.07) is 8.29. The number of carbonyl (C=O) groups excluding carboxylic acids is 1. The zero-order chi connectivity index (χ0) is 19.9. The van der Waals surface area contributed by atoms with Gasteiger partial charge in [-0.3, -0.25) is 4.79 Å². The molecule has 2 aliphatic rings. The van der Waals surface area contributed by atoms with E-state index in [2.05, 4.69) is 4.72 Å². The molecule has 1 aliphatic heterocycles. The minimum Gasteiger partial charge on any atom is -0.495 e. The third-order valence-electron chi connectivity index (χ3n) is 5.44. The molecule has 150 valence electrons. The summed E-state index contributed by atoms with van der Waals surface area (Å²) in [6.07, 6.45) is 1.84. The van der Waals surface area contributed by atoms with Gasteiger partial charge >= 0.3 is 0 Å². The van der Waals surface area contributed by atoms with Crippen LogP contribution in [-0.2, 0) is 21.2 Å². The minimum atomic E-state index is -3.54. The second-order valence-corrected chi connectivity index (χ2v) is 10.6. The number of amides is 1. The van der Waals surface area contributed by atoms with Crippen LogP contribution >= 0.6 is 22.9 Å². The molecule has 1 amide bonds. The highest BCUT2D eigenvalue weighted by Gasteiger charge is 2.48. The molecule has 1 aliphatic carbocycles. The number of thiophene rings is 1. The van der Waals surface area contributed by atoms with Crippen molar-refractivity contribution in [2.45, 2.75) is 35.6 Å². The molecule has 28 heavy (non-hydrogen) atoms. The largest absolute Gasteiger partial charge is 0.495 e. The van der Waals surface area contributed by atoms with Crippen LogP contribution in [-0.4, -0.2) is 45.0 Å². The summed E-state index contributed by atoms with van der Waals surface area (Å²) in [4.78, 5) is 14.7. The van der Waals surface area contributed by atoms with E-state index in [1.54, 1.807) is 36.8 Å². The van der Waals surface area contributed by atoms with E-state index in [1.807, 2.05) is 11.0 Å². The fourth-order valence-corrected chi connectivity index (χ4v) is 6.78. The van der Waals surface area contributed by atoms with Crippen molar-refractivity contribution < 1.29 is 17.9 Å². The number of hydrogen-bond acceptors (Lipinski definition) is 5. The lowest BCUT2D eigenvalue weighted by molar-refractivity contribution is -0.132. The summed E-state index contributed by atoms with van der Waals surface area (Å²) in [5.41, 5.74) is 0.814. The molecule has 2 fully saturated rings. The van der Waals surface area contributed by atoms with Crippen molar-refractivity contribution in [3.63, 3.8) is 0 Å². The van der Waals surface area contributed by atoms with E-state index < -0.39 is 10.0 Å². The third kappa shape index (κ3) is 3.78. The molecule has 2 heterocycles. The van der Waals surface area contributed by atoms with Crippen molar-refractivity contribution in [3.8, 4) is 5.75 Å². The van der Waals surface area contributed by atoms with Gasteiger partial charge < -0.3 is 9.64 Å². The number of nitrogens with one attached hydrogen (secondary N) is 1. The highest BCUT2D eigenvalue weighted by Crippen LogP contribution is 2.39. The lowest BCUT2D eigenvalue weighted by atomic mass is 10.0. The minimum absolute atomic E-state index is 0.00578. The van der Waals surface area contributed by atoms with Gasteiger partial charge in [0.1, 0.15) is 9.96 Å². The van der Waals surface area contributed by atoms with Gasteiger partial charge in [0.05, 0.1) is 18.6 Å². The lowest BCUT2D eigenvalue weighted by Crippen LogP contribution is -2.52. The highest BCUT2D eigenvalue weighted by atomic mass is 35.5. The number of carbonyl (C=O) groups is 1. The third-order valence-corrected chi connectivity index (χ3v) is 8.62. The molecule has 1 saturated carbocycles.